The van der Waals surface area contributed by atoms with Gasteiger partial charge in [-0.1, -0.05) is 12.1 Å². The number of rotatable bonds is 6. The Balaban J connectivity index is 1.71. The summed E-state index contributed by atoms with van der Waals surface area (Å²) in [6, 6.07) is 5.90. The number of nitrogens with one attached hydrogen (secondary N) is 3. The molecule has 9 heteroatoms. The summed E-state index contributed by atoms with van der Waals surface area (Å²) in [5.41, 5.74) is 5.10. The van der Waals surface area contributed by atoms with Crippen LogP contribution in [0.15, 0.2) is 30.3 Å². The van der Waals surface area contributed by atoms with Crippen LogP contribution in [-0.4, -0.2) is 49.6 Å². The number of amides is 2. The average molecular weight is 349 g/mol. The van der Waals surface area contributed by atoms with Crippen molar-refractivity contribution in [2.75, 3.05) is 32.8 Å². The van der Waals surface area contributed by atoms with E-state index in [1.54, 1.807) is 6.07 Å². The Morgan fingerprint density at radius 1 is 1.28 bits per heavy atom. The maximum absolute atomic E-state index is 11.7. The van der Waals surface area contributed by atoms with E-state index in [2.05, 4.69) is 10.9 Å². The number of hydrogen-bond acceptors (Lipinski definition) is 5. The minimum atomic E-state index is -0.515. The van der Waals surface area contributed by atoms with Gasteiger partial charge < -0.3 is 9.64 Å². The molecule has 0 bridgehead atoms. The van der Waals surface area contributed by atoms with Gasteiger partial charge in [-0.25, -0.2) is 0 Å². The van der Waals surface area contributed by atoms with E-state index in [1.165, 1.54) is 35.3 Å². The molecule has 2 amide bonds. The van der Waals surface area contributed by atoms with E-state index < -0.39 is 10.8 Å². The van der Waals surface area contributed by atoms with Gasteiger partial charge in [0.15, 0.2) is 0 Å². The zero-order valence-electron chi connectivity index (χ0n) is 13.7. The number of nitrogens with zero attached hydrogens (tertiary/aromatic N) is 1. The maximum atomic E-state index is 11.7. The minimum Gasteiger partial charge on any atom is -0.370 e. The Bertz CT molecular complexity index is 656. The predicted molar refractivity (Wildman–Crippen MR) is 89.4 cm³/mol. The monoisotopic (exact) mass is 349 g/mol. The first-order valence-electron chi connectivity index (χ1n) is 7.97. The normalized spacial score (nSPS) is 15.0. The van der Waals surface area contributed by atoms with E-state index >= 15 is 0 Å². The van der Waals surface area contributed by atoms with Gasteiger partial charge in [-0.2, -0.15) is 0 Å². The van der Waals surface area contributed by atoms with Crippen molar-refractivity contribution in [2.24, 2.45) is 0 Å². The number of benzene rings is 1. The standard InChI is InChI=1S/C16H20N4O5/c21-15(5-4-13-2-1-3-14(12-13)20(23)24)17-18-16(22)6-7-19-8-10-25-11-9-19/h1-5,12H,6-11H2,(H,17,21)(H,18,22)/p+1/b5-4+. The van der Waals surface area contributed by atoms with Crippen LogP contribution in [0.1, 0.15) is 12.0 Å². The summed E-state index contributed by atoms with van der Waals surface area (Å²) in [5.74, 6) is -0.783. The quantitative estimate of drug-likeness (QED) is 0.348. The zero-order chi connectivity index (χ0) is 18.1. The second kappa shape index (κ2) is 9.50. The highest BCUT2D eigenvalue weighted by Crippen LogP contribution is 2.13. The molecule has 2 rings (SSSR count). The van der Waals surface area contributed by atoms with Crippen LogP contribution in [0.5, 0.6) is 0 Å². The zero-order valence-corrected chi connectivity index (χ0v) is 13.7. The second-order valence-corrected chi connectivity index (χ2v) is 5.59. The summed E-state index contributed by atoms with van der Waals surface area (Å²) in [7, 11) is 0. The lowest BCUT2D eigenvalue weighted by Crippen LogP contribution is -3.14. The lowest BCUT2D eigenvalue weighted by molar-refractivity contribution is -0.907. The van der Waals surface area contributed by atoms with Gasteiger partial charge in [0.05, 0.1) is 31.1 Å². The Kier molecular flexibility index (Phi) is 7.05. The van der Waals surface area contributed by atoms with E-state index in [1.807, 2.05) is 0 Å². The van der Waals surface area contributed by atoms with E-state index in [0.717, 1.165) is 13.1 Å². The number of ether oxygens (including phenoxy) is 1. The van der Waals surface area contributed by atoms with Crippen LogP contribution in [0.4, 0.5) is 5.69 Å². The van der Waals surface area contributed by atoms with Gasteiger partial charge >= 0.3 is 0 Å². The highest BCUT2D eigenvalue weighted by Gasteiger charge is 2.15. The van der Waals surface area contributed by atoms with Gasteiger partial charge in [0, 0.05) is 18.2 Å². The molecule has 1 aromatic rings. The fraction of sp³-hybridized carbons (Fsp3) is 0.375. The molecule has 1 saturated heterocycles. The van der Waals surface area contributed by atoms with Crippen molar-refractivity contribution < 1.29 is 24.1 Å². The molecule has 0 saturated carbocycles. The second-order valence-electron chi connectivity index (χ2n) is 5.59. The molecule has 1 aliphatic heterocycles. The first-order valence-corrected chi connectivity index (χ1v) is 7.97. The molecular formula is C16H21N4O5+. The number of hydrazine groups is 1. The molecule has 1 fully saturated rings. The van der Waals surface area contributed by atoms with E-state index in [0.29, 0.717) is 31.7 Å². The molecule has 0 spiro atoms. The third-order valence-corrected chi connectivity index (χ3v) is 3.74. The topological polar surface area (TPSA) is 115 Å². The van der Waals surface area contributed by atoms with Crippen LogP contribution < -0.4 is 15.8 Å². The molecule has 1 heterocycles. The number of non-ortho nitro benzene ring substituents is 1. The summed E-state index contributed by atoms with van der Waals surface area (Å²) in [4.78, 5) is 34.9. The van der Waals surface area contributed by atoms with Gasteiger partial charge in [-0.3, -0.25) is 30.6 Å². The van der Waals surface area contributed by atoms with E-state index in [-0.39, 0.29) is 11.6 Å². The highest BCUT2D eigenvalue weighted by atomic mass is 16.6. The van der Waals surface area contributed by atoms with Crippen molar-refractivity contribution in [1.29, 1.82) is 0 Å². The SMILES string of the molecule is O=C(/C=C/c1cccc([N+](=O)[O-])c1)NNC(=O)CC[NH+]1CCOCC1. The van der Waals surface area contributed by atoms with Crippen molar-refractivity contribution in [3.63, 3.8) is 0 Å². The summed E-state index contributed by atoms with van der Waals surface area (Å²) in [6.07, 6.45) is 2.95. The fourth-order valence-corrected chi connectivity index (χ4v) is 2.35. The summed E-state index contributed by atoms with van der Waals surface area (Å²) >= 11 is 0. The molecule has 0 aliphatic carbocycles. The molecule has 0 radical (unpaired) electrons. The van der Waals surface area contributed by atoms with Gasteiger partial charge in [-0.15, -0.1) is 0 Å². The summed E-state index contributed by atoms with van der Waals surface area (Å²) in [6.45, 7) is 3.86. The van der Waals surface area contributed by atoms with Crippen LogP contribution in [0.3, 0.4) is 0 Å². The Morgan fingerprint density at radius 2 is 2.04 bits per heavy atom. The third-order valence-electron chi connectivity index (χ3n) is 3.74. The third kappa shape index (κ3) is 6.69. The lowest BCUT2D eigenvalue weighted by Gasteiger charge is -2.23. The summed E-state index contributed by atoms with van der Waals surface area (Å²) < 4.78 is 5.25. The first kappa shape index (κ1) is 18.6. The molecular weight excluding hydrogens is 328 g/mol. The number of carbonyl (C=O) groups excluding carboxylic acids is 2. The Morgan fingerprint density at radius 3 is 2.76 bits per heavy atom. The number of hydrogen-bond donors (Lipinski definition) is 3. The van der Waals surface area contributed by atoms with Crippen LogP contribution in [0.2, 0.25) is 0 Å². The van der Waals surface area contributed by atoms with Gasteiger partial charge in [0.25, 0.3) is 11.6 Å². The van der Waals surface area contributed by atoms with E-state index in [4.69, 9.17) is 4.74 Å². The molecule has 3 N–H and O–H groups in total. The Hall–Kier alpha value is -2.78. The van der Waals surface area contributed by atoms with Crippen molar-refractivity contribution in [2.45, 2.75) is 6.42 Å². The molecule has 134 valence electrons. The van der Waals surface area contributed by atoms with E-state index in [9.17, 15) is 19.7 Å². The minimum absolute atomic E-state index is 0.0542. The number of quaternary nitrogens is 1. The van der Waals surface area contributed by atoms with Gasteiger partial charge in [-0.05, 0) is 11.6 Å². The number of carbonyl (C=O) groups is 2. The Labute approximate surface area is 144 Å². The van der Waals surface area contributed by atoms with Crippen molar-refractivity contribution in [3.8, 4) is 0 Å². The fourth-order valence-electron chi connectivity index (χ4n) is 2.35. The molecule has 25 heavy (non-hydrogen) atoms. The molecule has 0 unspecified atom stereocenters. The van der Waals surface area contributed by atoms with Crippen LogP contribution in [0, 0.1) is 10.1 Å². The molecule has 1 aromatic carbocycles. The van der Waals surface area contributed by atoms with Crippen LogP contribution in [0.25, 0.3) is 6.08 Å². The van der Waals surface area contributed by atoms with Gasteiger partial charge in [0.2, 0.25) is 5.91 Å². The maximum Gasteiger partial charge on any atom is 0.270 e. The average Bonchev–Trinajstić information content (AvgIpc) is 2.64. The van der Waals surface area contributed by atoms with Crippen molar-refractivity contribution >= 4 is 23.6 Å². The molecule has 0 aromatic heterocycles. The predicted octanol–water partition coefficient (Wildman–Crippen LogP) is -0.939. The summed E-state index contributed by atoms with van der Waals surface area (Å²) in [5, 5.41) is 10.7. The largest absolute Gasteiger partial charge is 0.370 e. The van der Waals surface area contributed by atoms with Gasteiger partial charge in [0.1, 0.15) is 13.1 Å². The number of nitro benzene ring substituents is 1. The molecule has 0 atom stereocenters. The van der Waals surface area contributed by atoms with Crippen LogP contribution in [-0.2, 0) is 14.3 Å². The number of nitro groups is 1. The smallest absolute Gasteiger partial charge is 0.270 e. The van der Waals surface area contributed by atoms with Crippen LogP contribution >= 0.6 is 0 Å². The lowest BCUT2D eigenvalue weighted by atomic mass is 10.2. The van der Waals surface area contributed by atoms with Crippen molar-refractivity contribution in [3.05, 3.63) is 46.0 Å². The van der Waals surface area contributed by atoms with Crippen molar-refractivity contribution in [1.82, 2.24) is 10.9 Å². The number of morpholine rings is 1. The first-order chi connectivity index (χ1) is 12.0. The molecule has 1 aliphatic rings. The highest BCUT2D eigenvalue weighted by molar-refractivity contribution is 5.93. The molecule has 9 nitrogen and oxygen atoms in total.